The highest BCUT2D eigenvalue weighted by Gasteiger charge is 2.13. The molecule has 6 heteroatoms. The number of carbonyl (C=O) groups is 1. The summed E-state index contributed by atoms with van der Waals surface area (Å²) in [6.45, 7) is -0.129. The van der Waals surface area contributed by atoms with Gasteiger partial charge in [-0.1, -0.05) is 36.4 Å². The van der Waals surface area contributed by atoms with Crippen molar-refractivity contribution in [1.82, 2.24) is 4.73 Å². The number of aromatic nitrogens is 1. The van der Waals surface area contributed by atoms with Crippen molar-refractivity contribution in [2.75, 3.05) is 5.32 Å². The van der Waals surface area contributed by atoms with Gasteiger partial charge in [-0.3, -0.25) is 9.59 Å². The Labute approximate surface area is 143 Å². The van der Waals surface area contributed by atoms with Crippen LogP contribution in [0.4, 0.5) is 10.1 Å². The van der Waals surface area contributed by atoms with Crippen LogP contribution >= 0.6 is 0 Å². The fourth-order valence-corrected chi connectivity index (χ4v) is 2.22. The van der Waals surface area contributed by atoms with Gasteiger partial charge in [0.25, 0.3) is 11.5 Å². The number of nitrogens with one attached hydrogen (secondary N) is 1. The lowest BCUT2D eigenvalue weighted by molar-refractivity contribution is 0.0847. The average molecular weight is 338 g/mol. The van der Waals surface area contributed by atoms with Gasteiger partial charge in [0.2, 0.25) is 0 Å². The first-order valence-electron chi connectivity index (χ1n) is 7.60. The number of pyridine rings is 1. The lowest BCUT2D eigenvalue weighted by atomic mass is 10.2. The first-order chi connectivity index (χ1) is 12.1. The van der Waals surface area contributed by atoms with Gasteiger partial charge in [-0.05, 0) is 30.3 Å². The van der Waals surface area contributed by atoms with Gasteiger partial charge in [-0.2, -0.15) is 4.73 Å². The number of para-hydroxylation sites is 1. The summed E-state index contributed by atoms with van der Waals surface area (Å²) in [6.07, 6.45) is 1.38. The summed E-state index contributed by atoms with van der Waals surface area (Å²) in [5.41, 5.74) is 0.204. The van der Waals surface area contributed by atoms with E-state index >= 15 is 0 Å². The molecule has 0 spiro atoms. The van der Waals surface area contributed by atoms with Crippen molar-refractivity contribution in [1.29, 1.82) is 0 Å². The number of hydrogen-bond acceptors (Lipinski definition) is 3. The maximum Gasteiger partial charge on any atom is 0.295 e. The minimum atomic E-state index is -0.618. The molecule has 0 saturated carbocycles. The molecule has 25 heavy (non-hydrogen) atoms. The van der Waals surface area contributed by atoms with Crippen molar-refractivity contribution in [2.24, 2.45) is 0 Å². The molecule has 1 N–H and O–H groups in total. The van der Waals surface area contributed by atoms with Gasteiger partial charge in [-0.15, -0.1) is 0 Å². The molecule has 0 radical (unpaired) electrons. The fraction of sp³-hybridized carbons (Fsp3) is 0.0526. The van der Waals surface area contributed by atoms with E-state index in [1.54, 1.807) is 42.5 Å². The van der Waals surface area contributed by atoms with Gasteiger partial charge < -0.3 is 10.2 Å². The number of hydrogen-bond donors (Lipinski definition) is 1. The zero-order valence-corrected chi connectivity index (χ0v) is 13.2. The normalized spacial score (nSPS) is 10.3. The molecule has 1 amide bonds. The number of carbonyl (C=O) groups excluding carboxylic acids is 1. The molecule has 3 aromatic rings. The highest BCUT2D eigenvalue weighted by molar-refractivity contribution is 6.03. The summed E-state index contributed by atoms with van der Waals surface area (Å²) in [5, 5.41) is 2.64. The Hall–Kier alpha value is -3.41. The van der Waals surface area contributed by atoms with Crippen LogP contribution in [-0.2, 0) is 6.61 Å². The first-order valence-corrected chi connectivity index (χ1v) is 7.60. The number of rotatable bonds is 5. The summed E-state index contributed by atoms with van der Waals surface area (Å²) in [5.74, 6) is -0.964. The maximum absolute atomic E-state index is 13.6. The molecule has 0 unspecified atom stereocenters. The SMILES string of the molecule is O=C(Nc1ccccc1)c1cccn(OCc2ccccc2F)c1=O. The van der Waals surface area contributed by atoms with E-state index in [2.05, 4.69) is 5.32 Å². The first kappa shape index (κ1) is 16.4. The summed E-state index contributed by atoms with van der Waals surface area (Å²) in [4.78, 5) is 30.0. The molecular weight excluding hydrogens is 323 g/mol. The third-order valence-corrected chi connectivity index (χ3v) is 3.51. The predicted molar refractivity (Wildman–Crippen MR) is 91.8 cm³/mol. The van der Waals surface area contributed by atoms with E-state index in [1.807, 2.05) is 6.07 Å². The Kier molecular flexibility index (Phi) is 4.89. The highest BCUT2D eigenvalue weighted by Crippen LogP contribution is 2.08. The van der Waals surface area contributed by atoms with Crippen molar-refractivity contribution >= 4 is 11.6 Å². The van der Waals surface area contributed by atoms with Crippen LogP contribution in [0.25, 0.3) is 0 Å². The monoisotopic (exact) mass is 338 g/mol. The van der Waals surface area contributed by atoms with E-state index in [0.29, 0.717) is 11.3 Å². The number of halogens is 1. The van der Waals surface area contributed by atoms with E-state index in [9.17, 15) is 14.0 Å². The van der Waals surface area contributed by atoms with Crippen molar-refractivity contribution in [3.8, 4) is 0 Å². The molecule has 0 saturated heterocycles. The Morgan fingerprint density at radius 2 is 1.72 bits per heavy atom. The largest absolute Gasteiger partial charge is 0.406 e. The number of anilines is 1. The molecule has 0 fully saturated rings. The van der Waals surface area contributed by atoms with Crippen LogP contribution in [0.2, 0.25) is 0 Å². The second-order valence-corrected chi connectivity index (χ2v) is 5.24. The molecule has 3 rings (SSSR count). The molecule has 0 aliphatic carbocycles. The van der Waals surface area contributed by atoms with Crippen molar-refractivity contribution < 1.29 is 14.0 Å². The molecule has 1 aromatic heterocycles. The summed E-state index contributed by atoms with van der Waals surface area (Å²) < 4.78 is 14.5. The quantitative estimate of drug-likeness (QED) is 0.778. The average Bonchev–Trinajstić information content (AvgIpc) is 2.63. The Morgan fingerprint density at radius 3 is 2.48 bits per heavy atom. The summed E-state index contributed by atoms with van der Waals surface area (Å²) in [6, 6.07) is 17.8. The Bertz CT molecular complexity index is 939. The van der Waals surface area contributed by atoms with E-state index in [-0.39, 0.29) is 12.2 Å². The summed E-state index contributed by atoms with van der Waals surface area (Å²) in [7, 11) is 0. The van der Waals surface area contributed by atoms with E-state index in [4.69, 9.17) is 4.84 Å². The molecule has 0 atom stereocenters. The zero-order valence-electron chi connectivity index (χ0n) is 13.2. The molecule has 0 bridgehead atoms. The van der Waals surface area contributed by atoms with E-state index in [0.717, 1.165) is 4.73 Å². The van der Waals surface area contributed by atoms with Gasteiger partial charge in [-0.25, -0.2) is 4.39 Å². The van der Waals surface area contributed by atoms with Gasteiger partial charge in [0, 0.05) is 17.4 Å². The van der Waals surface area contributed by atoms with Crippen LogP contribution in [0.15, 0.2) is 77.7 Å². The highest BCUT2D eigenvalue weighted by atomic mass is 19.1. The molecule has 1 heterocycles. The third kappa shape index (κ3) is 3.92. The number of nitrogens with zero attached hydrogens (tertiary/aromatic N) is 1. The fourth-order valence-electron chi connectivity index (χ4n) is 2.22. The van der Waals surface area contributed by atoms with E-state index in [1.165, 1.54) is 24.4 Å². The minimum Gasteiger partial charge on any atom is -0.406 e. The molecule has 0 aliphatic heterocycles. The second kappa shape index (κ2) is 7.44. The standard InChI is InChI=1S/C19H15FN2O3/c20-17-11-5-4-7-14(17)13-25-22-12-6-10-16(19(22)24)18(23)21-15-8-2-1-3-9-15/h1-12H,13H2,(H,21,23). The van der Waals surface area contributed by atoms with Crippen LogP contribution in [0.1, 0.15) is 15.9 Å². The predicted octanol–water partition coefficient (Wildman–Crippen LogP) is 2.87. The molecular formula is C19H15FN2O3. The Morgan fingerprint density at radius 1 is 1.00 bits per heavy atom. The van der Waals surface area contributed by atoms with Crippen LogP contribution in [-0.4, -0.2) is 10.6 Å². The molecule has 2 aromatic carbocycles. The third-order valence-electron chi connectivity index (χ3n) is 3.51. The van der Waals surface area contributed by atoms with Crippen LogP contribution in [0.5, 0.6) is 0 Å². The summed E-state index contributed by atoms with van der Waals surface area (Å²) >= 11 is 0. The lowest BCUT2D eigenvalue weighted by Crippen LogP contribution is -2.32. The van der Waals surface area contributed by atoms with Crippen LogP contribution in [0, 0.1) is 5.82 Å². The second-order valence-electron chi connectivity index (χ2n) is 5.24. The van der Waals surface area contributed by atoms with Crippen molar-refractivity contribution in [3.63, 3.8) is 0 Å². The van der Waals surface area contributed by atoms with Crippen molar-refractivity contribution in [2.45, 2.75) is 6.61 Å². The van der Waals surface area contributed by atoms with Gasteiger partial charge in [0.05, 0.1) is 0 Å². The number of amides is 1. The Balaban J connectivity index is 1.77. The molecule has 0 aliphatic rings. The van der Waals surface area contributed by atoms with Crippen LogP contribution in [0.3, 0.4) is 0 Å². The smallest absolute Gasteiger partial charge is 0.295 e. The maximum atomic E-state index is 13.6. The van der Waals surface area contributed by atoms with E-state index < -0.39 is 17.3 Å². The molecule has 5 nitrogen and oxygen atoms in total. The van der Waals surface area contributed by atoms with Gasteiger partial charge >= 0.3 is 0 Å². The van der Waals surface area contributed by atoms with Crippen molar-refractivity contribution in [3.05, 3.63) is 100 Å². The van der Waals surface area contributed by atoms with Crippen LogP contribution < -0.4 is 15.7 Å². The zero-order chi connectivity index (χ0) is 17.6. The number of benzene rings is 2. The lowest BCUT2D eigenvalue weighted by Gasteiger charge is -2.10. The van der Waals surface area contributed by atoms with Gasteiger partial charge in [0.1, 0.15) is 18.0 Å². The topological polar surface area (TPSA) is 60.3 Å². The minimum absolute atomic E-state index is 0.0695. The van der Waals surface area contributed by atoms with Gasteiger partial charge in [0.15, 0.2) is 0 Å². The molecule has 126 valence electrons.